The van der Waals surface area contributed by atoms with E-state index in [2.05, 4.69) is 4.90 Å². The molecule has 1 atom stereocenters. The Labute approximate surface area is 105 Å². The number of likely N-dealkylation sites (tertiary alicyclic amines) is 1. The number of hydrogen-bond acceptors (Lipinski definition) is 2. The molecule has 2 N–H and O–H groups in total. The van der Waals surface area contributed by atoms with E-state index in [1.165, 1.54) is 32.1 Å². The van der Waals surface area contributed by atoms with Gasteiger partial charge in [0.1, 0.15) is 0 Å². The highest BCUT2D eigenvalue weighted by atomic mass is 16.2. The third-order valence-electron chi connectivity index (χ3n) is 4.40. The van der Waals surface area contributed by atoms with E-state index in [4.69, 9.17) is 5.73 Å². The smallest absolute Gasteiger partial charge is 0.222 e. The molecule has 0 spiro atoms. The second kappa shape index (κ2) is 6.39. The molecular weight excluding hydrogens is 212 g/mol. The lowest BCUT2D eigenvalue weighted by atomic mass is 9.87. The molecule has 0 bridgehead atoms. The van der Waals surface area contributed by atoms with E-state index in [-0.39, 0.29) is 0 Å². The Kier molecular flexibility index (Phi) is 4.84. The van der Waals surface area contributed by atoms with E-state index >= 15 is 0 Å². The zero-order chi connectivity index (χ0) is 12.1. The van der Waals surface area contributed by atoms with Crippen LogP contribution in [0.15, 0.2) is 0 Å². The van der Waals surface area contributed by atoms with Gasteiger partial charge in [0.2, 0.25) is 5.91 Å². The van der Waals surface area contributed by atoms with Crippen molar-refractivity contribution in [1.29, 1.82) is 0 Å². The van der Waals surface area contributed by atoms with Crippen LogP contribution in [0.4, 0.5) is 0 Å². The van der Waals surface area contributed by atoms with Gasteiger partial charge in [0.05, 0.1) is 0 Å². The largest absolute Gasteiger partial charge is 0.342 e. The van der Waals surface area contributed by atoms with Crippen LogP contribution in [0.1, 0.15) is 51.4 Å². The number of carbonyl (C=O) groups is 1. The van der Waals surface area contributed by atoms with Crippen LogP contribution in [0.2, 0.25) is 0 Å². The lowest BCUT2D eigenvalue weighted by Crippen LogP contribution is -2.30. The van der Waals surface area contributed by atoms with Crippen LogP contribution in [-0.4, -0.2) is 30.4 Å². The molecule has 1 unspecified atom stereocenters. The van der Waals surface area contributed by atoms with Crippen LogP contribution < -0.4 is 5.73 Å². The summed E-state index contributed by atoms with van der Waals surface area (Å²) in [4.78, 5) is 14.2. The van der Waals surface area contributed by atoms with Crippen LogP contribution in [-0.2, 0) is 4.79 Å². The summed E-state index contributed by atoms with van der Waals surface area (Å²) in [5, 5.41) is 0. The Morgan fingerprint density at radius 2 is 1.88 bits per heavy atom. The van der Waals surface area contributed by atoms with Crippen LogP contribution in [0, 0.1) is 11.8 Å². The second-order valence-corrected chi connectivity index (χ2v) is 5.78. The van der Waals surface area contributed by atoms with Gasteiger partial charge in [0, 0.05) is 19.5 Å². The first kappa shape index (κ1) is 12.9. The van der Waals surface area contributed by atoms with Gasteiger partial charge in [0.15, 0.2) is 0 Å². The zero-order valence-electron chi connectivity index (χ0n) is 10.9. The number of carbonyl (C=O) groups excluding carboxylic acids is 1. The standard InChI is InChI=1S/C14H26N2O/c15-8-6-13-7-9-16(11-13)14(17)10-12-4-2-1-3-5-12/h12-13H,1-11,15H2. The van der Waals surface area contributed by atoms with Gasteiger partial charge in [-0.25, -0.2) is 0 Å². The summed E-state index contributed by atoms with van der Waals surface area (Å²) >= 11 is 0. The molecule has 3 heteroatoms. The molecular formula is C14H26N2O. The van der Waals surface area contributed by atoms with Gasteiger partial charge in [-0.3, -0.25) is 4.79 Å². The molecule has 0 aromatic heterocycles. The van der Waals surface area contributed by atoms with Gasteiger partial charge in [-0.15, -0.1) is 0 Å². The summed E-state index contributed by atoms with van der Waals surface area (Å²) in [6, 6.07) is 0. The Morgan fingerprint density at radius 1 is 1.12 bits per heavy atom. The normalized spacial score (nSPS) is 26.4. The van der Waals surface area contributed by atoms with Crippen molar-refractivity contribution in [2.75, 3.05) is 19.6 Å². The number of amides is 1. The lowest BCUT2D eigenvalue weighted by Gasteiger charge is -2.24. The topological polar surface area (TPSA) is 46.3 Å². The number of nitrogens with zero attached hydrogens (tertiary/aromatic N) is 1. The van der Waals surface area contributed by atoms with Crippen LogP contribution >= 0.6 is 0 Å². The van der Waals surface area contributed by atoms with E-state index in [1.54, 1.807) is 0 Å². The second-order valence-electron chi connectivity index (χ2n) is 5.78. The third kappa shape index (κ3) is 3.70. The highest BCUT2D eigenvalue weighted by Gasteiger charge is 2.27. The average Bonchev–Trinajstić information content (AvgIpc) is 2.79. The molecule has 0 aromatic rings. The van der Waals surface area contributed by atoms with Gasteiger partial charge >= 0.3 is 0 Å². The van der Waals surface area contributed by atoms with E-state index < -0.39 is 0 Å². The number of nitrogens with two attached hydrogens (primary N) is 1. The Morgan fingerprint density at radius 3 is 2.59 bits per heavy atom. The Balaban J connectivity index is 1.72. The van der Waals surface area contributed by atoms with Gasteiger partial charge in [-0.2, -0.15) is 0 Å². The lowest BCUT2D eigenvalue weighted by molar-refractivity contribution is -0.131. The molecule has 2 aliphatic rings. The van der Waals surface area contributed by atoms with Gasteiger partial charge in [0.25, 0.3) is 0 Å². The highest BCUT2D eigenvalue weighted by molar-refractivity contribution is 5.76. The molecule has 1 aliphatic heterocycles. The predicted molar refractivity (Wildman–Crippen MR) is 69.6 cm³/mol. The summed E-state index contributed by atoms with van der Waals surface area (Å²) in [7, 11) is 0. The van der Waals surface area contributed by atoms with Crippen molar-refractivity contribution in [2.45, 2.75) is 51.4 Å². The van der Waals surface area contributed by atoms with E-state index in [0.717, 1.165) is 38.9 Å². The van der Waals surface area contributed by atoms with Crippen molar-refractivity contribution in [3.63, 3.8) is 0 Å². The molecule has 0 radical (unpaired) electrons. The minimum absolute atomic E-state index is 0.399. The first-order valence-corrected chi connectivity index (χ1v) is 7.27. The number of rotatable bonds is 4. The first-order valence-electron chi connectivity index (χ1n) is 7.27. The summed E-state index contributed by atoms with van der Waals surface area (Å²) in [5.41, 5.74) is 5.58. The summed E-state index contributed by atoms with van der Waals surface area (Å²) in [6.07, 6.45) is 9.60. The van der Waals surface area contributed by atoms with Gasteiger partial charge in [-0.1, -0.05) is 19.3 Å². The molecule has 0 aromatic carbocycles. The van der Waals surface area contributed by atoms with Crippen molar-refractivity contribution in [3.8, 4) is 0 Å². The Hall–Kier alpha value is -0.570. The molecule has 1 saturated carbocycles. The molecule has 3 nitrogen and oxygen atoms in total. The summed E-state index contributed by atoms with van der Waals surface area (Å²) in [5.74, 6) is 1.73. The summed E-state index contributed by atoms with van der Waals surface area (Å²) in [6.45, 7) is 2.69. The molecule has 17 heavy (non-hydrogen) atoms. The maximum atomic E-state index is 12.2. The maximum Gasteiger partial charge on any atom is 0.222 e. The molecule has 2 fully saturated rings. The minimum atomic E-state index is 0.399. The molecule has 2 rings (SSSR count). The molecule has 1 heterocycles. The molecule has 98 valence electrons. The minimum Gasteiger partial charge on any atom is -0.342 e. The highest BCUT2D eigenvalue weighted by Crippen LogP contribution is 2.28. The van der Waals surface area contributed by atoms with E-state index in [0.29, 0.717) is 17.7 Å². The van der Waals surface area contributed by atoms with Crippen molar-refractivity contribution < 1.29 is 4.79 Å². The fourth-order valence-electron chi connectivity index (χ4n) is 3.30. The molecule has 1 amide bonds. The van der Waals surface area contributed by atoms with Crippen molar-refractivity contribution in [1.82, 2.24) is 4.90 Å². The number of hydrogen-bond donors (Lipinski definition) is 1. The fraction of sp³-hybridized carbons (Fsp3) is 0.929. The summed E-state index contributed by atoms with van der Waals surface area (Å²) < 4.78 is 0. The molecule has 1 aliphatic carbocycles. The van der Waals surface area contributed by atoms with Crippen molar-refractivity contribution in [2.24, 2.45) is 17.6 Å². The average molecular weight is 238 g/mol. The van der Waals surface area contributed by atoms with Crippen LogP contribution in [0.25, 0.3) is 0 Å². The first-order chi connectivity index (χ1) is 8.29. The maximum absolute atomic E-state index is 12.2. The molecule has 1 saturated heterocycles. The zero-order valence-corrected chi connectivity index (χ0v) is 10.9. The van der Waals surface area contributed by atoms with Crippen LogP contribution in [0.3, 0.4) is 0 Å². The Bertz CT molecular complexity index is 249. The predicted octanol–water partition coefficient (Wildman–Crippen LogP) is 2.15. The van der Waals surface area contributed by atoms with E-state index in [1.807, 2.05) is 0 Å². The SMILES string of the molecule is NCCC1CCN(C(=O)CC2CCCCC2)C1. The fourth-order valence-corrected chi connectivity index (χ4v) is 3.30. The van der Waals surface area contributed by atoms with Crippen molar-refractivity contribution in [3.05, 3.63) is 0 Å². The van der Waals surface area contributed by atoms with Crippen molar-refractivity contribution >= 4 is 5.91 Å². The van der Waals surface area contributed by atoms with Gasteiger partial charge in [-0.05, 0) is 44.1 Å². The monoisotopic (exact) mass is 238 g/mol. The van der Waals surface area contributed by atoms with Crippen LogP contribution in [0.5, 0.6) is 0 Å². The quantitative estimate of drug-likeness (QED) is 0.815. The third-order valence-corrected chi connectivity index (χ3v) is 4.40. The van der Waals surface area contributed by atoms with E-state index in [9.17, 15) is 4.79 Å². The van der Waals surface area contributed by atoms with Gasteiger partial charge < -0.3 is 10.6 Å².